The smallest absolute Gasteiger partial charge is 0.242 e. The van der Waals surface area contributed by atoms with Crippen molar-refractivity contribution in [3.63, 3.8) is 0 Å². The lowest BCUT2D eigenvalue weighted by atomic mass is 10.0. The highest BCUT2D eigenvalue weighted by molar-refractivity contribution is 7.89. The minimum absolute atomic E-state index is 0.138. The molecular formula is C21H22N2O3S. The Morgan fingerprint density at radius 2 is 1.48 bits per heavy atom. The van der Waals surface area contributed by atoms with Gasteiger partial charge in [-0.15, -0.1) is 0 Å². The minimum Gasteiger partial charge on any atom is -0.325 e. The molecule has 27 heavy (non-hydrogen) atoms. The van der Waals surface area contributed by atoms with Gasteiger partial charge in [0.1, 0.15) is 6.04 Å². The monoisotopic (exact) mass is 382 g/mol. The molecule has 3 aromatic carbocycles. The number of hydrogen-bond donors (Lipinski definition) is 2. The summed E-state index contributed by atoms with van der Waals surface area (Å²) in [4.78, 5) is 12.8. The fraction of sp³-hybridized carbons (Fsp3) is 0.190. The fourth-order valence-electron chi connectivity index (χ4n) is 2.80. The van der Waals surface area contributed by atoms with Gasteiger partial charge in [0.2, 0.25) is 15.9 Å². The molecule has 1 amide bonds. The van der Waals surface area contributed by atoms with Crippen LogP contribution in [0, 0.1) is 5.92 Å². The van der Waals surface area contributed by atoms with E-state index in [0.29, 0.717) is 5.69 Å². The summed E-state index contributed by atoms with van der Waals surface area (Å²) in [6.45, 7) is 3.61. The van der Waals surface area contributed by atoms with E-state index in [9.17, 15) is 13.2 Å². The third kappa shape index (κ3) is 4.53. The van der Waals surface area contributed by atoms with Gasteiger partial charge in [0.15, 0.2) is 0 Å². The van der Waals surface area contributed by atoms with Gasteiger partial charge in [-0.1, -0.05) is 62.4 Å². The molecule has 0 aliphatic rings. The van der Waals surface area contributed by atoms with E-state index in [0.717, 1.165) is 10.8 Å². The van der Waals surface area contributed by atoms with E-state index >= 15 is 0 Å². The van der Waals surface area contributed by atoms with Gasteiger partial charge in [-0.25, -0.2) is 8.42 Å². The maximum Gasteiger partial charge on any atom is 0.242 e. The van der Waals surface area contributed by atoms with Crippen molar-refractivity contribution in [1.29, 1.82) is 0 Å². The predicted molar refractivity (Wildman–Crippen MR) is 108 cm³/mol. The molecule has 2 N–H and O–H groups in total. The molecule has 1 atom stereocenters. The zero-order valence-electron chi connectivity index (χ0n) is 15.2. The first kappa shape index (κ1) is 19.1. The molecule has 0 radical (unpaired) electrons. The van der Waals surface area contributed by atoms with Crippen molar-refractivity contribution in [3.8, 4) is 0 Å². The van der Waals surface area contributed by atoms with E-state index in [1.165, 1.54) is 0 Å². The van der Waals surface area contributed by atoms with Gasteiger partial charge in [0.05, 0.1) is 4.90 Å². The Kier molecular flexibility index (Phi) is 5.58. The SMILES string of the molecule is CC(C)[C@@H](NS(=O)(=O)c1ccc2ccccc2c1)C(=O)Nc1ccccc1. The lowest BCUT2D eigenvalue weighted by Gasteiger charge is -2.21. The lowest BCUT2D eigenvalue weighted by Crippen LogP contribution is -2.47. The van der Waals surface area contributed by atoms with E-state index in [1.54, 1.807) is 56.3 Å². The number of rotatable bonds is 6. The van der Waals surface area contributed by atoms with Gasteiger partial charge in [-0.3, -0.25) is 4.79 Å². The molecule has 0 aromatic heterocycles. The summed E-state index contributed by atoms with van der Waals surface area (Å²) in [7, 11) is -3.84. The van der Waals surface area contributed by atoms with E-state index in [1.807, 2.05) is 30.3 Å². The van der Waals surface area contributed by atoms with Gasteiger partial charge in [-0.05, 0) is 41.0 Å². The van der Waals surface area contributed by atoms with Crippen LogP contribution in [0.25, 0.3) is 10.8 Å². The van der Waals surface area contributed by atoms with Crippen LogP contribution in [0.5, 0.6) is 0 Å². The summed E-state index contributed by atoms with van der Waals surface area (Å²) in [5, 5.41) is 4.55. The van der Waals surface area contributed by atoms with Crippen LogP contribution in [0.4, 0.5) is 5.69 Å². The topological polar surface area (TPSA) is 75.3 Å². The van der Waals surface area contributed by atoms with E-state index in [4.69, 9.17) is 0 Å². The maximum absolute atomic E-state index is 12.9. The summed E-state index contributed by atoms with van der Waals surface area (Å²) in [6.07, 6.45) is 0. The van der Waals surface area contributed by atoms with Crippen LogP contribution in [0.2, 0.25) is 0 Å². The van der Waals surface area contributed by atoms with Gasteiger partial charge >= 0.3 is 0 Å². The first-order chi connectivity index (χ1) is 12.9. The van der Waals surface area contributed by atoms with Crippen molar-refractivity contribution in [2.24, 2.45) is 5.92 Å². The predicted octanol–water partition coefficient (Wildman–Crippen LogP) is 3.78. The Hall–Kier alpha value is -2.70. The second-order valence-corrected chi connectivity index (χ2v) is 8.42. The summed E-state index contributed by atoms with van der Waals surface area (Å²) < 4.78 is 28.3. The molecule has 0 aliphatic heterocycles. The van der Waals surface area contributed by atoms with Crippen LogP contribution in [0.1, 0.15) is 13.8 Å². The molecule has 0 unspecified atom stereocenters. The highest BCUT2D eigenvalue weighted by Crippen LogP contribution is 2.20. The van der Waals surface area contributed by atoms with Crippen molar-refractivity contribution < 1.29 is 13.2 Å². The molecule has 0 fully saturated rings. The Balaban J connectivity index is 1.84. The Morgan fingerprint density at radius 3 is 2.15 bits per heavy atom. The van der Waals surface area contributed by atoms with E-state index in [2.05, 4.69) is 10.0 Å². The molecule has 0 aliphatic carbocycles. The number of benzene rings is 3. The summed E-state index contributed by atoms with van der Waals surface area (Å²) in [6, 6.07) is 20.5. The minimum atomic E-state index is -3.84. The van der Waals surface area contributed by atoms with Crippen LogP contribution < -0.4 is 10.0 Å². The fourth-order valence-corrected chi connectivity index (χ4v) is 4.18. The van der Waals surface area contributed by atoms with Crippen molar-refractivity contribution >= 4 is 32.4 Å². The van der Waals surface area contributed by atoms with E-state index < -0.39 is 16.1 Å². The van der Waals surface area contributed by atoms with Crippen LogP contribution in [-0.2, 0) is 14.8 Å². The van der Waals surface area contributed by atoms with Gasteiger partial charge < -0.3 is 5.32 Å². The largest absolute Gasteiger partial charge is 0.325 e. The third-order valence-corrected chi connectivity index (χ3v) is 5.74. The number of fused-ring (bicyclic) bond motifs is 1. The Morgan fingerprint density at radius 1 is 0.852 bits per heavy atom. The first-order valence-electron chi connectivity index (χ1n) is 8.74. The zero-order chi connectivity index (χ0) is 19.4. The maximum atomic E-state index is 12.9. The number of amides is 1. The molecule has 6 heteroatoms. The molecule has 5 nitrogen and oxygen atoms in total. The molecule has 0 saturated heterocycles. The van der Waals surface area contributed by atoms with Crippen molar-refractivity contribution in [2.75, 3.05) is 5.32 Å². The van der Waals surface area contributed by atoms with Gasteiger partial charge in [0, 0.05) is 5.69 Å². The number of carbonyl (C=O) groups is 1. The number of hydrogen-bond acceptors (Lipinski definition) is 3. The highest BCUT2D eigenvalue weighted by Gasteiger charge is 2.28. The zero-order valence-corrected chi connectivity index (χ0v) is 16.0. The number of para-hydroxylation sites is 1. The second kappa shape index (κ2) is 7.90. The molecular weight excluding hydrogens is 360 g/mol. The van der Waals surface area contributed by atoms with Crippen LogP contribution in [0.15, 0.2) is 77.7 Å². The molecule has 3 aromatic rings. The average molecular weight is 382 g/mol. The van der Waals surface area contributed by atoms with Crippen molar-refractivity contribution in [1.82, 2.24) is 4.72 Å². The summed E-state index contributed by atoms with van der Waals surface area (Å²) >= 11 is 0. The molecule has 0 saturated carbocycles. The van der Waals surface area contributed by atoms with Crippen molar-refractivity contribution in [2.45, 2.75) is 24.8 Å². The first-order valence-corrected chi connectivity index (χ1v) is 10.2. The third-order valence-electron chi connectivity index (χ3n) is 4.30. The summed E-state index contributed by atoms with van der Waals surface area (Å²) in [5.41, 5.74) is 0.623. The molecule has 0 bridgehead atoms. The molecule has 3 rings (SSSR count). The van der Waals surface area contributed by atoms with Crippen LogP contribution >= 0.6 is 0 Å². The number of sulfonamides is 1. The molecule has 140 valence electrons. The van der Waals surface area contributed by atoms with E-state index in [-0.39, 0.29) is 16.7 Å². The summed E-state index contributed by atoms with van der Waals surface area (Å²) in [5.74, 6) is -0.607. The van der Waals surface area contributed by atoms with Crippen LogP contribution in [-0.4, -0.2) is 20.4 Å². The Bertz CT molecular complexity index is 1050. The average Bonchev–Trinajstić information content (AvgIpc) is 2.66. The lowest BCUT2D eigenvalue weighted by molar-refractivity contribution is -0.118. The van der Waals surface area contributed by atoms with Crippen LogP contribution in [0.3, 0.4) is 0 Å². The van der Waals surface area contributed by atoms with Crippen molar-refractivity contribution in [3.05, 3.63) is 72.8 Å². The highest BCUT2D eigenvalue weighted by atomic mass is 32.2. The number of anilines is 1. The van der Waals surface area contributed by atoms with Gasteiger partial charge in [-0.2, -0.15) is 4.72 Å². The quantitative estimate of drug-likeness (QED) is 0.681. The second-order valence-electron chi connectivity index (χ2n) is 6.71. The normalized spacial score (nSPS) is 12.9. The Labute approximate surface area is 159 Å². The molecule has 0 spiro atoms. The standard InChI is InChI=1S/C21H22N2O3S/c1-15(2)20(21(24)22-18-10-4-3-5-11-18)23-27(25,26)19-13-12-16-8-6-7-9-17(16)14-19/h3-15,20,23H,1-2H3,(H,22,24)/t20-/m1/s1. The number of carbonyl (C=O) groups excluding carboxylic acids is 1. The van der Waals surface area contributed by atoms with Gasteiger partial charge in [0.25, 0.3) is 0 Å². The molecule has 0 heterocycles. The number of nitrogens with one attached hydrogen (secondary N) is 2.